The van der Waals surface area contributed by atoms with E-state index in [1.807, 2.05) is 6.20 Å². The van der Waals surface area contributed by atoms with E-state index in [2.05, 4.69) is 46.9 Å². The summed E-state index contributed by atoms with van der Waals surface area (Å²) in [6.07, 6.45) is 3.02. The molecular formula is C9H12BrN. The summed E-state index contributed by atoms with van der Waals surface area (Å²) in [7, 11) is 0. The maximum atomic E-state index is 4.07. The van der Waals surface area contributed by atoms with Crippen LogP contribution < -0.4 is 0 Å². The van der Waals surface area contributed by atoms with Crippen LogP contribution in [-0.4, -0.2) is 4.98 Å². The van der Waals surface area contributed by atoms with Crippen LogP contribution >= 0.6 is 15.9 Å². The van der Waals surface area contributed by atoms with Gasteiger partial charge < -0.3 is 0 Å². The topological polar surface area (TPSA) is 12.9 Å². The third kappa shape index (κ3) is 2.29. The van der Waals surface area contributed by atoms with E-state index < -0.39 is 0 Å². The molecule has 1 atom stereocenters. The minimum atomic E-state index is 0.634. The normalized spacial score (nSPS) is 13.0. The summed E-state index contributed by atoms with van der Waals surface area (Å²) in [6, 6.07) is 4.15. The molecule has 1 aromatic rings. The third-order valence-electron chi connectivity index (χ3n) is 1.93. The zero-order chi connectivity index (χ0) is 8.27. The molecule has 0 aromatic carbocycles. The lowest BCUT2D eigenvalue weighted by molar-refractivity contribution is 0.731. The molecule has 0 bridgehead atoms. The Morgan fingerprint density at radius 2 is 2.36 bits per heavy atom. The van der Waals surface area contributed by atoms with E-state index in [9.17, 15) is 0 Å². The number of pyridine rings is 1. The van der Waals surface area contributed by atoms with Gasteiger partial charge in [0.05, 0.1) is 0 Å². The maximum Gasteiger partial charge on any atom is 0.106 e. The van der Waals surface area contributed by atoms with E-state index in [1.54, 1.807) is 0 Å². The highest BCUT2D eigenvalue weighted by atomic mass is 79.9. The molecule has 1 heterocycles. The summed E-state index contributed by atoms with van der Waals surface area (Å²) >= 11 is 3.35. The number of nitrogens with zero attached hydrogens (tertiary/aromatic N) is 1. The van der Waals surface area contributed by atoms with Gasteiger partial charge in [-0.3, -0.25) is 0 Å². The first kappa shape index (κ1) is 8.72. The van der Waals surface area contributed by atoms with Gasteiger partial charge in [0.25, 0.3) is 0 Å². The second-order valence-electron chi connectivity index (χ2n) is 2.72. The van der Waals surface area contributed by atoms with E-state index in [1.165, 1.54) is 12.0 Å². The largest absolute Gasteiger partial charge is 0.249 e. The Morgan fingerprint density at radius 1 is 1.64 bits per heavy atom. The molecule has 0 N–H and O–H groups in total. The first-order valence-electron chi connectivity index (χ1n) is 3.85. The SMILES string of the molecule is CC[C@@H](C)c1ccnc(Br)c1. The van der Waals surface area contributed by atoms with Gasteiger partial charge in [0.15, 0.2) is 0 Å². The summed E-state index contributed by atoms with van der Waals surface area (Å²) in [4.78, 5) is 4.07. The van der Waals surface area contributed by atoms with Gasteiger partial charge in [-0.2, -0.15) is 0 Å². The van der Waals surface area contributed by atoms with Gasteiger partial charge in [0, 0.05) is 6.20 Å². The molecule has 0 aliphatic carbocycles. The first-order chi connectivity index (χ1) is 5.24. The molecule has 2 heteroatoms. The van der Waals surface area contributed by atoms with Crippen LogP contribution in [0.5, 0.6) is 0 Å². The van der Waals surface area contributed by atoms with Crippen molar-refractivity contribution in [2.24, 2.45) is 0 Å². The quantitative estimate of drug-likeness (QED) is 0.688. The molecule has 0 aliphatic heterocycles. The molecule has 1 rings (SSSR count). The maximum absolute atomic E-state index is 4.07. The molecule has 0 amide bonds. The Balaban J connectivity index is 2.86. The Hall–Kier alpha value is -0.370. The van der Waals surface area contributed by atoms with Gasteiger partial charge in [-0.25, -0.2) is 4.98 Å². The fraction of sp³-hybridized carbons (Fsp3) is 0.444. The van der Waals surface area contributed by atoms with Gasteiger partial charge in [-0.05, 0) is 46.0 Å². The summed E-state index contributed by atoms with van der Waals surface area (Å²) < 4.78 is 0.926. The lowest BCUT2D eigenvalue weighted by Gasteiger charge is -2.07. The molecule has 0 saturated carbocycles. The van der Waals surface area contributed by atoms with Crippen molar-refractivity contribution in [1.82, 2.24) is 4.98 Å². The van der Waals surface area contributed by atoms with Crippen molar-refractivity contribution in [2.75, 3.05) is 0 Å². The Morgan fingerprint density at radius 3 is 2.91 bits per heavy atom. The fourth-order valence-corrected chi connectivity index (χ4v) is 1.34. The highest BCUT2D eigenvalue weighted by Crippen LogP contribution is 2.19. The van der Waals surface area contributed by atoms with Crippen LogP contribution in [0.4, 0.5) is 0 Å². The molecule has 60 valence electrons. The summed E-state index contributed by atoms with van der Waals surface area (Å²) in [6.45, 7) is 4.42. The molecule has 1 nitrogen and oxygen atoms in total. The van der Waals surface area contributed by atoms with E-state index in [-0.39, 0.29) is 0 Å². The van der Waals surface area contributed by atoms with Crippen molar-refractivity contribution in [2.45, 2.75) is 26.2 Å². The van der Waals surface area contributed by atoms with Crippen molar-refractivity contribution in [3.05, 3.63) is 28.5 Å². The number of hydrogen-bond acceptors (Lipinski definition) is 1. The summed E-state index contributed by atoms with van der Waals surface area (Å²) in [5.41, 5.74) is 1.36. The zero-order valence-corrected chi connectivity index (χ0v) is 8.43. The second-order valence-corrected chi connectivity index (χ2v) is 3.53. The highest BCUT2D eigenvalue weighted by Gasteiger charge is 2.01. The van der Waals surface area contributed by atoms with Crippen LogP contribution in [0.25, 0.3) is 0 Å². The molecule has 0 radical (unpaired) electrons. The lowest BCUT2D eigenvalue weighted by Crippen LogP contribution is -1.91. The van der Waals surface area contributed by atoms with Gasteiger partial charge in [0.1, 0.15) is 4.60 Å². The fourth-order valence-electron chi connectivity index (χ4n) is 0.960. The van der Waals surface area contributed by atoms with Crippen molar-refractivity contribution in [1.29, 1.82) is 0 Å². The van der Waals surface area contributed by atoms with Gasteiger partial charge in [-0.15, -0.1) is 0 Å². The van der Waals surface area contributed by atoms with Crippen molar-refractivity contribution in [3.63, 3.8) is 0 Å². The monoisotopic (exact) mass is 213 g/mol. The summed E-state index contributed by atoms with van der Waals surface area (Å²) in [5, 5.41) is 0. The number of halogens is 1. The molecule has 0 spiro atoms. The minimum Gasteiger partial charge on any atom is -0.249 e. The average molecular weight is 214 g/mol. The van der Waals surface area contributed by atoms with Crippen LogP contribution in [-0.2, 0) is 0 Å². The van der Waals surface area contributed by atoms with Gasteiger partial charge in [0.2, 0.25) is 0 Å². The molecule has 0 saturated heterocycles. The second kappa shape index (κ2) is 3.86. The minimum absolute atomic E-state index is 0.634. The van der Waals surface area contributed by atoms with Crippen LogP contribution in [0.15, 0.2) is 22.9 Å². The molecule has 1 aromatic heterocycles. The lowest BCUT2D eigenvalue weighted by atomic mass is 10.0. The number of hydrogen-bond donors (Lipinski definition) is 0. The predicted octanol–water partition coefficient (Wildman–Crippen LogP) is 3.36. The van der Waals surface area contributed by atoms with Crippen molar-refractivity contribution >= 4 is 15.9 Å². The van der Waals surface area contributed by atoms with Crippen LogP contribution in [0.2, 0.25) is 0 Å². The Kier molecular flexibility index (Phi) is 3.06. The van der Waals surface area contributed by atoms with E-state index in [4.69, 9.17) is 0 Å². The van der Waals surface area contributed by atoms with Crippen LogP contribution in [0.1, 0.15) is 31.7 Å². The summed E-state index contributed by atoms with van der Waals surface area (Å²) in [5.74, 6) is 0.634. The van der Waals surface area contributed by atoms with Crippen LogP contribution in [0, 0.1) is 0 Å². The predicted molar refractivity (Wildman–Crippen MR) is 50.6 cm³/mol. The molecular weight excluding hydrogens is 202 g/mol. The van der Waals surface area contributed by atoms with Crippen LogP contribution in [0.3, 0.4) is 0 Å². The van der Waals surface area contributed by atoms with Crippen molar-refractivity contribution in [3.8, 4) is 0 Å². The molecule has 0 aliphatic rings. The Labute approximate surface area is 76.0 Å². The van der Waals surface area contributed by atoms with Crippen molar-refractivity contribution < 1.29 is 0 Å². The smallest absolute Gasteiger partial charge is 0.106 e. The molecule has 11 heavy (non-hydrogen) atoms. The van der Waals surface area contributed by atoms with E-state index in [0.717, 1.165) is 4.60 Å². The highest BCUT2D eigenvalue weighted by molar-refractivity contribution is 9.10. The number of aromatic nitrogens is 1. The molecule has 0 unspecified atom stereocenters. The first-order valence-corrected chi connectivity index (χ1v) is 4.64. The molecule has 0 fully saturated rings. The zero-order valence-electron chi connectivity index (χ0n) is 6.84. The standard InChI is InChI=1S/C9H12BrN/c1-3-7(2)8-4-5-11-9(10)6-8/h4-7H,3H2,1-2H3/t7-/m1/s1. The number of rotatable bonds is 2. The van der Waals surface area contributed by atoms with E-state index in [0.29, 0.717) is 5.92 Å². The third-order valence-corrected chi connectivity index (χ3v) is 2.37. The Bertz CT molecular complexity index is 235. The average Bonchev–Trinajstić information content (AvgIpc) is 2.03. The van der Waals surface area contributed by atoms with Gasteiger partial charge in [-0.1, -0.05) is 13.8 Å². The van der Waals surface area contributed by atoms with E-state index >= 15 is 0 Å². The van der Waals surface area contributed by atoms with Gasteiger partial charge >= 0.3 is 0 Å².